The zero-order chi connectivity index (χ0) is 36.3. The van der Waals surface area contributed by atoms with Crippen molar-refractivity contribution in [2.45, 2.75) is 71.8 Å². The monoisotopic (exact) mass is 747 g/mol. The standard InChI is InChI=1S/C39H46BrN3O7/c1-22-12-10-14-28(24(22)3)41-37(46)34-30(44)20-39(5,48)35(38(47)42-29-15-11-13-23(2)25(29)4)33(34)26-18-27(40)36(31(19-26)49-6)50-21-32(45)43-16-8-7-9-17-43/h10-15,18-19,33-35,48H,7-9,16-17,20-21H2,1-6H3,(H,41,46)(H,42,47). The SMILES string of the molecule is COc1cc(C2C(C(=O)Nc3cccc(C)c3C)C(=O)CC(C)(O)C2C(=O)Nc2cccc(C)c2C)cc(Br)c1OCC(=O)N1CCCCC1. The Kier molecular flexibility index (Phi) is 11.4. The number of likely N-dealkylation sites (tertiary alicyclic amines) is 1. The van der Waals surface area contributed by atoms with Crippen LogP contribution in [0.5, 0.6) is 11.5 Å². The molecule has 0 spiro atoms. The number of ketones is 1. The fraction of sp³-hybridized carbons (Fsp3) is 0.436. The molecule has 1 heterocycles. The van der Waals surface area contributed by atoms with E-state index in [0.29, 0.717) is 34.5 Å². The summed E-state index contributed by atoms with van der Waals surface area (Å²) in [6, 6.07) is 14.3. The lowest BCUT2D eigenvalue weighted by Gasteiger charge is -2.44. The molecule has 3 N–H and O–H groups in total. The smallest absolute Gasteiger partial charge is 0.260 e. The molecule has 0 bridgehead atoms. The Hall–Kier alpha value is -4.22. The maximum absolute atomic E-state index is 14.4. The van der Waals surface area contributed by atoms with Crippen molar-refractivity contribution in [3.05, 3.63) is 80.8 Å². The molecule has 1 saturated heterocycles. The summed E-state index contributed by atoms with van der Waals surface area (Å²) in [5.41, 5.74) is 3.36. The summed E-state index contributed by atoms with van der Waals surface area (Å²) in [4.78, 5) is 57.3. The quantitative estimate of drug-likeness (QED) is 0.216. The number of ether oxygens (including phenoxy) is 2. The van der Waals surface area contributed by atoms with E-state index in [0.717, 1.165) is 41.5 Å². The highest BCUT2D eigenvalue weighted by atomic mass is 79.9. The average Bonchev–Trinajstić information content (AvgIpc) is 3.07. The van der Waals surface area contributed by atoms with Crippen molar-refractivity contribution >= 4 is 50.8 Å². The van der Waals surface area contributed by atoms with E-state index in [1.165, 1.54) is 14.0 Å². The number of anilines is 2. The minimum Gasteiger partial charge on any atom is -0.493 e. The molecule has 2 aliphatic rings. The molecule has 0 aromatic heterocycles. The second-order valence-corrected chi connectivity index (χ2v) is 14.6. The molecule has 11 heteroatoms. The third-order valence-electron chi connectivity index (χ3n) is 10.2. The number of aryl methyl sites for hydroxylation is 2. The van der Waals surface area contributed by atoms with E-state index in [4.69, 9.17) is 9.47 Å². The topological polar surface area (TPSA) is 134 Å². The molecule has 3 aromatic rings. The molecule has 266 valence electrons. The fourth-order valence-electron chi connectivity index (χ4n) is 7.13. The minimum atomic E-state index is -1.81. The van der Waals surface area contributed by atoms with E-state index in [-0.39, 0.29) is 24.0 Å². The number of rotatable bonds is 9. The number of aliphatic hydroxyl groups is 1. The van der Waals surface area contributed by atoms with Crippen molar-refractivity contribution in [1.29, 1.82) is 0 Å². The number of Topliss-reactive ketones (excluding diaryl/α,β-unsaturated/α-hetero) is 1. The molecular weight excluding hydrogens is 702 g/mol. The zero-order valence-corrected chi connectivity index (χ0v) is 31.1. The maximum Gasteiger partial charge on any atom is 0.260 e. The Labute approximate surface area is 302 Å². The van der Waals surface area contributed by atoms with Crippen LogP contribution in [0.25, 0.3) is 0 Å². The van der Waals surface area contributed by atoms with Crippen molar-refractivity contribution in [1.82, 2.24) is 4.90 Å². The van der Waals surface area contributed by atoms with Crippen molar-refractivity contribution in [3.63, 3.8) is 0 Å². The molecule has 10 nitrogen and oxygen atoms in total. The van der Waals surface area contributed by atoms with E-state index < -0.39 is 47.4 Å². The number of piperidine rings is 1. The van der Waals surface area contributed by atoms with Gasteiger partial charge < -0.3 is 30.1 Å². The molecular formula is C39H46BrN3O7. The number of benzene rings is 3. The van der Waals surface area contributed by atoms with Crippen molar-refractivity contribution < 1.29 is 33.8 Å². The van der Waals surface area contributed by atoms with Crippen molar-refractivity contribution in [2.24, 2.45) is 11.8 Å². The van der Waals surface area contributed by atoms with Crippen LogP contribution in [-0.2, 0) is 19.2 Å². The maximum atomic E-state index is 14.4. The average molecular weight is 749 g/mol. The second kappa shape index (κ2) is 15.3. The highest BCUT2D eigenvalue weighted by molar-refractivity contribution is 9.10. The third kappa shape index (κ3) is 7.73. The Morgan fingerprint density at radius 1 is 0.920 bits per heavy atom. The molecule has 4 unspecified atom stereocenters. The largest absolute Gasteiger partial charge is 0.493 e. The van der Waals surface area contributed by atoms with Gasteiger partial charge in [-0.2, -0.15) is 0 Å². The molecule has 4 atom stereocenters. The highest BCUT2D eigenvalue weighted by Crippen LogP contribution is 2.49. The van der Waals surface area contributed by atoms with Crippen LogP contribution in [0.3, 0.4) is 0 Å². The summed E-state index contributed by atoms with van der Waals surface area (Å²) < 4.78 is 12.1. The summed E-state index contributed by atoms with van der Waals surface area (Å²) in [5.74, 6) is -4.94. The van der Waals surface area contributed by atoms with Gasteiger partial charge in [0.25, 0.3) is 5.91 Å². The molecule has 1 saturated carbocycles. The van der Waals surface area contributed by atoms with E-state index >= 15 is 0 Å². The Morgan fingerprint density at radius 3 is 2.08 bits per heavy atom. The van der Waals surface area contributed by atoms with Gasteiger partial charge in [-0.3, -0.25) is 19.2 Å². The van der Waals surface area contributed by atoms with Crippen LogP contribution in [0, 0.1) is 39.5 Å². The van der Waals surface area contributed by atoms with Gasteiger partial charge in [0.05, 0.1) is 23.1 Å². The molecule has 2 fully saturated rings. The number of carbonyl (C=O) groups is 4. The highest BCUT2D eigenvalue weighted by Gasteiger charge is 2.56. The molecule has 5 rings (SSSR count). The number of amides is 3. The minimum absolute atomic E-state index is 0.136. The van der Waals surface area contributed by atoms with Crippen LogP contribution in [0.4, 0.5) is 11.4 Å². The van der Waals surface area contributed by atoms with Gasteiger partial charge >= 0.3 is 0 Å². The van der Waals surface area contributed by atoms with Crippen molar-refractivity contribution in [2.75, 3.05) is 37.4 Å². The first kappa shape index (κ1) is 37.0. The molecule has 1 aliphatic heterocycles. The Balaban J connectivity index is 1.57. The van der Waals surface area contributed by atoms with E-state index in [1.54, 1.807) is 29.2 Å². The summed E-state index contributed by atoms with van der Waals surface area (Å²) in [6.45, 7) is 10.3. The first-order valence-corrected chi connectivity index (χ1v) is 17.8. The Morgan fingerprint density at radius 2 is 1.50 bits per heavy atom. The lowest BCUT2D eigenvalue weighted by Crippen LogP contribution is -2.56. The molecule has 50 heavy (non-hydrogen) atoms. The second-order valence-electron chi connectivity index (χ2n) is 13.7. The van der Waals surface area contributed by atoms with Gasteiger partial charge in [0.15, 0.2) is 18.1 Å². The summed E-state index contributed by atoms with van der Waals surface area (Å²) >= 11 is 3.57. The molecule has 1 aliphatic carbocycles. The van der Waals surface area contributed by atoms with Crippen LogP contribution >= 0.6 is 15.9 Å². The number of methoxy groups -OCH3 is 1. The lowest BCUT2D eigenvalue weighted by atomic mass is 9.61. The van der Waals surface area contributed by atoms with Gasteiger partial charge in [0, 0.05) is 36.8 Å². The molecule has 3 amide bonds. The molecule has 3 aromatic carbocycles. The van der Waals surface area contributed by atoms with E-state index in [1.807, 2.05) is 52.0 Å². The number of carbonyl (C=O) groups excluding carboxylic acids is 4. The Bertz CT molecular complexity index is 1800. The predicted octanol–water partition coefficient (Wildman–Crippen LogP) is 6.40. The number of nitrogens with one attached hydrogen (secondary N) is 2. The normalized spacial score (nSPS) is 22.1. The van der Waals surface area contributed by atoms with Gasteiger partial charge in [-0.15, -0.1) is 0 Å². The van der Waals surface area contributed by atoms with E-state index in [9.17, 15) is 24.3 Å². The van der Waals surface area contributed by atoms with Crippen LogP contribution in [0.2, 0.25) is 0 Å². The van der Waals surface area contributed by atoms with Gasteiger partial charge in [-0.05, 0) is 122 Å². The van der Waals surface area contributed by atoms with Crippen LogP contribution in [0.1, 0.15) is 66.3 Å². The lowest BCUT2D eigenvalue weighted by molar-refractivity contribution is -0.151. The van der Waals surface area contributed by atoms with Gasteiger partial charge in [-0.25, -0.2) is 0 Å². The summed E-state index contributed by atoms with van der Waals surface area (Å²) in [6.07, 6.45) is 2.59. The fourth-order valence-corrected chi connectivity index (χ4v) is 7.70. The first-order valence-electron chi connectivity index (χ1n) is 17.0. The number of hydrogen-bond acceptors (Lipinski definition) is 7. The predicted molar refractivity (Wildman–Crippen MR) is 196 cm³/mol. The molecule has 0 radical (unpaired) electrons. The zero-order valence-electron chi connectivity index (χ0n) is 29.5. The third-order valence-corrected chi connectivity index (χ3v) is 10.8. The first-order chi connectivity index (χ1) is 23.7. The van der Waals surface area contributed by atoms with Gasteiger partial charge in [0.1, 0.15) is 11.7 Å². The van der Waals surface area contributed by atoms with Crippen LogP contribution in [-0.4, -0.2) is 65.9 Å². The van der Waals surface area contributed by atoms with Crippen LogP contribution < -0.4 is 20.1 Å². The van der Waals surface area contributed by atoms with Crippen LogP contribution in [0.15, 0.2) is 53.0 Å². The van der Waals surface area contributed by atoms with Gasteiger partial charge in [-0.1, -0.05) is 24.3 Å². The number of halogens is 1. The number of nitrogens with zero attached hydrogens (tertiary/aromatic N) is 1. The van der Waals surface area contributed by atoms with E-state index in [2.05, 4.69) is 26.6 Å². The number of hydrogen-bond donors (Lipinski definition) is 3. The van der Waals surface area contributed by atoms with Crippen molar-refractivity contribution in [3.8, 4) is 11.5 Å². The summed E-state index contributed by atoms with van der Waals surface area (Å²) in [5, 5.41) is 17.8. The van der Waals surface area contributed by atoms with Gasteiger partial charge in [0.2, 0.25) is 11.8 Å². The summed E-state index contributed by atoms with van der Waals surface area (Å²) in [7, 11) is 1.45.